The largest absolute Gasteiger partial charge is 0.459 e. The van der Waals surface area contributed by atoms with Gasteiger partial charge in [0.15, 0.2) is 0 Å². The molecular weight excluding hydrogens is 286 g/mol. The summed E-state index contributed by atoms with van der Waals surface area (Å²) in [5.41, 5.74) is -0.372. The monoisotopic (exact) mass is 327 g/mol. The van der Waals surface area contributed by atoms with E-state index in [9.17, 15) is 4.79 Å². The van der Waals surface area contributed by atoms with E-state index in [4.69, 9.17) is 4.74 Å². The maximum absolute atomic E-state index is 12.4. The van der Waals surface area contributed by atoms with Gasteiger partial charge in [-0.15, -0.1) is 0 Å². The lowest BCUT2D eigenvalue weighted by Gasteiger charge is -2.32. The Labute approximate surface area is 145 Å². The number of ether oxygens (including phenoxy) is 1. The van der Waals surface area contributed by atoms with Crippen molar-refractivity contribution in [2.24, 2.45) is 11.8 Å². The Morgan fingerprint density at radius 1 is 1.09 bits per heavy atom. The molecule has 0 aliphatic rings. The summed E-state index contributed by atoms with van der Waals surface area (Å²) < 4.78 is 5.77. The molecule has 23 heavy (non-hydrogen) atoms. The molecule has 0 spiro atoms. The number of carbonyl (C=O) groups excluding carboxylic acids is 1. The van der Waals surface area contributed by atoms with Crippen molar-refractivity contribution < 1.29 is 9.53 Å². The SMILES string of the molecule is CCCCC(CCC)N(C)CC(C)C(=O)OC(C)(C)CC(C)C. The van der Waals surface area contributed by atoms with E-state index in [-0.39, 0.29) is 17.5 Å². The second-order valence-corrected chi connectivity index (χ2v) is 8.20. The number of hydrogen-bond acceptors (Lipinski definition) is 3. The molecule has 0 N–H and O–H groups in total. The topological polar surface area (TPSA) is 29.5 Å². The Morgan fingerprint density at radius 2 is 1.70 bits per heavy atom. The van der Waals surface area contributed by atoms with Crippen molar-refractivity contribution in [2.75, 3.05) is 13.6 Å². The summed E-state index contributed by atoms with van der Waals surface area (Å²) in [4.78, 5) is 14.8. The zero-order valence-electron chi connectivity index (χ0n) is 16.9. The van der Waals surface area contributed by atoms with Gasteiger partial charge in [0.2, 0.25) is 0 Å². The van der Waals surface area contributed by atoms with Crippen LogP contribution in [-0.2, 0) is 9.53 Å². The molecule has 0 saturated heterocycles. The van der Waals surface area contributed by atoms with Gasteiger partial charge in [-0.25, -0.2) is 0 Å². The highest BCUT2D eigenvalue weighted by Gasteiger charge is 2.28. The summed E-state index contributed by atoms with van der Waals surface area (Å²) >= 11 is 0. The van der Waals surface area contributed by atoms with Crippen LogP contribution in [0.2, 0.25) is 0 Å². The van der Waals surface area contributed by atoms with Gasteiger partial charge >= 0.3 is 5.97 Å². The summed E-state index contributed by atoms with van der Waals surface area (Å²) in [6, 6.07) is 0.582. The van der Waals surface area contributed by atoms with E-state index in [1.54, 1.807) is 0 Å². The van der Waals surface area contributed by atoms with Gasteiger partial charge in [0, 0.05) is 12.6 Å². The van der Waals surface area contributed by atoms with Crippen molar-refractivity contribution in [1.82, 2.24) is 4.90 Å². The number of esters is 1. The van der Waals surface area contributed by atoms with Crippen LogP contribution in [0.4, 0.5) is 0 Å². The minimum Gasteiger partial charge on any atom is -0.459 e. The highest BCUT2D eigenvalue weighted by Crippen LogP contribution is 2.22. The fourth-order valence-corrected chi connectivity index (χ4v) is 3.41. The molecule has 0 aromatic heterocycles. The average molecular weight is 328 g/mol. The third-order valence-electron chi connectivity index (χ3n) is 4.38. The van der Waals surface area contributed by atoms with Crippen molar-refractivity contribution >= 4 is 5.97 Å². The molecule has 0 aromatic carbocycles. The molecule has 3 nitrogen and oxygen atoms in total. The van der Waals surface area contributed by atoms with Crippen LogP contribution in [0.15, 0.2) is 0 Å². The zero-order chi connectivity index (χ0) is 18.0. The van der Waals surface area contributed by atoms with Gasteiger partial charge in [0.05, 0.1) is 5.92 Å². The highest BCUT2D eigenvalue weighted by molar-refractivity contribution is 5.72. The standard InChI is InChI=1S/C20H41NO2/c1-9-11-13-18(12-10-2)21(8)15-17(5)19(22)23-20(6,7)14-16(3)4/h16-18H,9-15H2,1-8H3. The molecule has 0 aromatic rings. The van der Waals surface area contributed by atoms with E-state index in [1.807, 2.05) is 20.8 Å². The average Bonchev–Trinajstić information content (AvgIpc) is 2.40. The summed E-state index contributed by atoms with van der Waals surface area (Å²) in [6.45, 7) is 15.6. The van der Waals surface area contributed by atoms with Crippen LogP contribution >= 0.6 is 0 Å². The van der Waals surface area contributed by atoms with E-state index in [0.29, 0.717) is 12.0 Å². The van der Waals surface area contributed by atoms with E-state index in [0.717, 1.165) is 13.0 Å². The third-order valence-corrected chi connectivity index (χ3v) is 4.38. The summed E-state index contributed by atoms with van der Waals surface area (Å²) in [7, 11) is 2.15. The first kappa shape index (κ1) is 22.4. The molecule has 2 unspecified atom stereocenters. The van der Waals surface area contributed by atoms with Crippen LogP contribution < -0.4 is 0 Å². The number of unbranched alkanes of at least 4 members (excludes halogenated alkanes) is 1. The number of hydrogen-bond donors (Lipinski definition) is 0. The highest BCUT2D eigenvalue weighted by atomic mass is 16.6. The van der Waals surface area contributed by atoms with Gasteiger partial charge < -0.3 is 9.64 Å². The summed E-state index contributed by atoms with van der Waals surface area (Å²) in [5.74, 6) is 0.388. The van der Waals surface area contributed by atoms with Gasteiger partial charge in [-0.05, 0) is 46.1 Å². The second kappa shape index (κ2) is 11.1. The maximum atomic E-state index is 12.4. The lowest BCUT2D eigenvalue weighted by Crippen LogP contribution is -2.39. The lowest BCUT2D eigenvalue weighted by molar-refractivity contribution is -0.163. The van der Waals surface area contributed by atoms with Crippen LogP contribution in [0.5, 0.6) is 0 Å². The van der Waals surface area contributed by atoms with Crippen LogP contribution in [-0.4, -0.2) is 36.1 Å². The molecule has 0 rings (SSSR count). The van der Waals surface area contributed by atoms with E-state index >= 15 is 0 Å². The van der Waals surface area contributed by atoms with E-state index in [2.05, 4.69) is 39.6 Å². The van der Waals surface area contributed by atoms with E-state index in [1.165, 1.54) is 32.1 Å². The first-order chi connectivity index (χ1) is 10.6. The van der Waals surface area contributed by atoms with Gasteiger partial charge in [-0.1, -0.05) is 53.9 Å². The van der Waals surface area contributed by atoms with Crippen LogP contribution in [0.3, 0.4) is 0 Å². The lowest BCUT2D eigenvalue weighted by atomic mass is 9.96. The van der Waals surface area contributed by atoms with Crippen LogP contribution in [0, 0.1) is 11.8 Å². The number of carbonyl (C=O) groups is 1. The molecule has 0 amide bonds. The van der Waals surface area contributed by atoms with Gasteiger partial charge in [0.1, 0.15) is 5.60 Å². The normalized spacial score (nSPS) is 15.0. The predicted octanol–water partition coefficient (Wildman–Crippen LogP) is 5.28. The third kappa shape index (κ3) is 10.0. The molecule has 0 aliphatic heterocycles. The van der Waals surface area contributed by atoms with Crippen LogP contribution in [0.1, 0.15) is 87.0 Å². The van der Waals surface area contributed by atoms with Crippen molar-refractivity contribution in [2.45, 2.75) is 98.6 Å². The maximum Gasteiger partial charge on any atom is 0.310 e. The van der Waals surface area contributed by atoms with E-state index < -0.39 is 0 Å². The predicted molar refractivity (Wildman–Crippen MR) is 99.6 cm³/mol. The molecule has 0 saturated carbocycles. The Kier molecular flexibility index (Phi) is 10.8. The first-order valence-electron chi connectivity index (χ1n) is 9.56. The molecule has 0 radical (unpaired) electrons. The van der Waals surface area contributed by atoms with Gasteiger partial charge in [-0.2, -0.15) is 0 Å². The van der Waals surface area contributed by atoms with Crippen LogP contribution in [0.25, 0.3) is 0 Å². The second-order valence-electron chi connectivity index (χ2n) is 8.20. The molecule has 3 heteroatoms. The Morgan fingerprint density at radius 3 is 2.17 bits per heavy atom. The Hall–Kier alpha value is -0.570. The zero-order valence-corrected chi connectivity index (χ0v) is 16.9. The molecular formula is C20H41NO2. The Balaban J connectivity index is 4.52. The number of nitrogens with zero attached hydrogens (tertiary/aromatic N) is 1. The number of rotatable bonds is 12. The minimum absolute atomic E-state index is 0.0618. The molecule has 2 atom stereocenters. The van der Waals surface area contributed by atoms with Gasteiger partial charge in [-0.3, -0.25) is 4.79 Å². The van der Waals surface area contributed by atoms with Crippen molar-refractivity contribution in [3.05, 3.63) is 0 Å². The fourth-order valence-electron chi connectivity index (χ4n) is 3.41. The summed E-state index contributed by atoms with van der Waals surface area (Å²) in [6.07, 6.45) is 7.01. The fraction of sp³-hybridized carbons (Fsp3) is 0.950. The van der Waals surface area contributed by atoms with Crippen molar-refractivity contribution in [1.29, 1.82) is 0 Å². The first-order valence-corrected chi connectivity index (χ1v) is 9.56. The molecule has 0 aliphatic carbocycles. The smallest absolute Gasteiger partial charge is 0.310 e. The minimum atomic E-state index is -0.372. The molecule has 0 bridgehead atoms. The molecule has 138 valence electrons. The Bertz CT molecular complexity index is 326. The quantitative estimate of drug-likeness (QED) is 0.457. The van der Waals surface area contributed by atoms with Crippen molar-refractivity contribution in [3.8, 4) is 0 Å². The molecule has 0 heterocycles. The summed E-state index contributed by atoms with van der Waals surface area (Å²) in [5, 5.41) is 0. The molecule has 0 fully saturated rings. The van der Waals surface area contributed by atoms with Crippen molar-refractivity contribution in [3.63, 3.8) is 0 Å². The van der Waals surface area contributed by atoms with Gasteiger partial charge in [0.25, 0.3) is 0 Å².